The third-order valence-electron chi connectivity index (χ3n) is 4.61. The summed E-state index contributed by atoms with van der Waals surface area (Å²) in [5.41, 5.74) is 2.75. The molecule has 0 spiro atoms. The Kier molecular flexibility index (Phi) is 5.35. The molecular weight excluding hydrogens is 282 g/mol. The molecule has 0 unspecified atom stereocenters. The van der Waals surface area contributed by atoms with Crippen LogP contribution in [-0.4, -0.2) is 24.1 Å². The molecule has 0 bridgehead atoms. The maximum atomic E-state index is 6.22. The van der Waals surface area contributed by atoms with Crippen LogP contribution in [0.3, 0.4) is 0 Å². The van der Waals surface area contributed by atoms with Gasteiger partial charge >= 0.3 is 0 Å². The van der Waals surface area contributed by atoms with Crippen molar-refractivity contribution >= 4 is 0 Å². The summed E-state index contributed by atoms with van der Waals surface area (Å²) < 4.78 is 6.22. The lowest BCUT2D eigenvalue weighted by Gasteiger charge is -2.32. The zero-order chi connectivity index (χ0) is 16.1. The Morgan fingerprint density at radius 1 is 1.00 bits per heavy atom. The number of benzene rings is 2. The van der Waals surface area contributed by atoms with Gasteiger partial charge in [-0.15, -0.1) is 0 Å². The Balaban J connectivity index is 1.50. The van der Waals surface area contributed by atoms with E-state index >= 15 is 0 Å². The average Bonchev–Trinajstić information content (AvgIpc) is 2.58. The van der Waals surface area contributed by atoms with Gasteiger partial charge in [-0.3, -0.25) is 4.90 Å². The minimum atomic E-state index is 0.351. The van der Waals surface area contributed by atoms with Gasteiger partial charge in [0.25, 0.3) is 0 Å². The van der Waals surface area contributed by atoms with Crippen LogP contribution in [0.2, 0.25) is 0 Å². The molecule has 0 atom stereocenters. The van der Waals surface area contributed by atoms with E-state index in [1.165, 1.54) is 11.1 Å². The highest BCUT2D eigenvalue weighted by Gasteiger charge is 2.20. The molecule has 1 fully saturated rings. The highest BCUT2D eigenvalue weighted by atomic mass is 16.5. The van der Waals surface area contributed by atoms with Gasteiger partial charge < -0.3 is 4.74 Å². The first-order valence-electron chi connectivity index (χ1n) is 8.73. The van der Waals surface area contributed by atoms with E-state index < -0.39 is 0 Å². The molecule has 0 amide bonds. The van der Waals surface area contributed by atoms with Gasteiger partial charge in [-0.1, -0.05) is 56.3 Å². The quantitative estimate of drug-likeness (QED) is 0.782. The van der Waals surface area contributed by atoms with Crippen LogP contribution >= 0.6 is 0 Å². The molecule has 0 radical (unpaired) electrons. The molecule has 23 heavy (non-hydrogen) atoms. The molecule has 1 aliphatic rings. The zero-order valence-corrected chi connectivity index (χ0v) is 14.2. The lowest BCUT2D eigenvalue weighted by molar-refractivity contribution is 0.0967. The van der Waals surface area contributed by atoms with Gasteiger partial charge in [0.05, 0.1) is 0 Å². The molecule has 0 aliphatic carbocycles. The van der Waals surface area contributed by atoms with E-state index in [9.17, 15) is 0 Å². The summed E-state index contributed by atoms with van der Waals surface area (Å²) in [7, 11) is 0. The third kappa shape index (κ3) is 4.59. The molecule has 1 aliphatic heterocycles. The number of hydrogen-bond acceptors (Lipinski definition) is 2. The smallest absolute Gasteiger partial charge is 0.120 e. The first-order chi connectivity index (χ1) is 11.2. The molecule has 122 valence electrons. The van der Waals surface area contributed by atoms with Gasteiger partial charge in [0.1, 0.15) is 11.9 Å². The predicted octanol–water partition coefficient (Wildman–Crippen LogP) is 4.85. The molecule has 1 heterocycles. The van der Waals surface area contributed by atoms with E-state index in [1.54, 1.807) is 0 Å². The Hall–Kier alpha value is -1.80. The number of hydrogen-bond donors (Lipinski definition) is 0. The maximum absolute atomic E-state index is 6.22. The van der Waals surface area contributed by atoms with Crippen LogP contribution in [0.5, 0.6) is 5.75 Å². The second kappa shape index (κ2) is 7.65. The monoisotopic (exact) mass is 309 g/mol. The summed E-state index contributed by atoms with van der Waals surface area (Å²) in [6.45, 7) is 7.73. The van der Waals surface area contributed by atoms with Crippen molar-refractivity contribution in [2.75, 3.05) is 13.1 Å². The summed E-state index contributed by atoms with van der Waals surface area (Å²) in [4.78, 5) is 2.53. The summed E-state index contributed by atoms with van der Waals surface area (Å²) >= 11 is 0. The molecule has 2 heteroatoms. The van der Waals surface area contributed by atoms with Crippen molar-refractivity contribution in [3.63, 3.8) is 0 Å². The Bertz CT molecular complexity index is 600. The van der Waals surface area contributed by atoms with Crippen LogP contribution in [0, 0.1) is 0 Å². The minimum Gasteiger partial charge on any atom is -0.490 e. The maximum Gasteiger partial charge on any atom is 0.120 e. The lowest BCUT2D eigenvalue weighted by Crippen LogP contribution is -2.37. The summed E-state index contributed by atoms with van der Waals surface area (Å²) in [5, 5.41) is 0. The lowest BCUT2D eigenvalue weighted by atomic mass is 10.0. The second-order valence-corrected chi connectivity index (χ2v) is 6.81. The standard InChI is InChI=1S/C21H27NO/c1-17(2)19-9-6-10-21(15-19)23-20-11-13-22(14-12-20)16-18-7-4-3-5-8-18/h3-10,15,17,20H,11-14,16H2,1-2H3. The average molecular weight is 309 g/mol. The third-order valence-corrected chi connectivity index (χ3v) is 4.61. The minimum absolute atomic E-state index is 0.351. The van der Waals surface area contributed by atoms with Gasteiger partial charge in [0.2, 0.25) is 0 Å². The van der Waals surface area contributed by atoms with Crippen LogP contribution in [0.25, 0.3) is 0 Å². The molecule has 0 N–H and O–H groups in total. The normalized spacial score (nSPS) is 16.7. The van der Waals surface area contributed by atoms with Crippen LogP contribution in [-0.2, 0) is 6.54 Å². The fraction of sp³-hybridized carbons (Fsp3) is 0.429. The van der Waals surface area contributed by atoms with E-state index in [2.05, 4.69) is 73.3 Å². The first-order valence-corrected chi connectivity index (χ1v) is 8.73. The zero-order valence-electron chi connectivity index (χ0n) is 14.2. The molecule has 3 rings (SSSR count). The SMILES string of the molecule is CC(C)c1cccc(OC2CCN(Cc3ccccc3)CC2)c1. The first kappa shape index (κ1) is 16.1. The van der Waals surface area contributed by atoms with Crippen LogP contribution in [0.4, 0.5) is 0 Å². The Morgan fingerprint density at radius 3 is 2.43 bits per heavy atom. The molecule has 1 saturated heterocycles. The fourth-order valence-corrected chi connectivity index (χ4v) is 3.17. The number of likely N-dealkylation sites (tertiary alicyclic amines) is 1. The van der Waals surface area contributed by atoms with Gasteiger partial charge in [0.15, 0.2) is 0 Å². The Morgan fingerprint density at radius 2 is 1.74 bits per heavy atom. The van der Waals surface area contributed by atoms with E-state index in [0.29, 0.717) is 12.0 Å². The largest absolute Gasteiger partial charge is 0.490 e. The molecule has 2 nitrogen and oxygen atoms in total. The number of nitrogens with zero attached hydrogens (tertiary/aromatic N) is 1. The highest BCUT2D eigenvalue weighted by molar-refractivity contribution is 5.30. The topological polar surface area (TPSA) is 12.5 Å². The summed E-state index contributed by atoms with van der Waals surface area (Å²) in [6, 6.07) is 19.3. The van der Waals surface area contributed by atoms with Crippen molar-refractivity contribution in [1.29, 1.82) is 0 Å². The van der Waals surface area contributed by atoms with Crippen LogP contribution in [0.15, 0.2) is 54.6 Å². The Labute approximate surface area is 140 Å². The van der Waals surface area contributed by atoms with E-state index in [-0.39, 0.29) is 0 Å². The predicted molar refractivity (Wildman–Crippen MR) is 95.9 cm³/mol. The fourth-order valence-electron chi connectivity index (χ4n) is 3.17. The van der Waals surface area contributed by atoms with Crippen molar-refractivity contribution in [3.8, 4) is 5.75 Å². The van der Waals surface area contributed by atoms with Crippen molar-refractivity contribution in [2.24, 2.45) is 0 Å². The molecule has 2 aromatic rings. The van der Waals surface area contributed by atoms with Gasteiger partial charge in [0, 0.05) is 19.6 Å². The van der Waals surface area contributed by atoms with Crippen molar-refractivity contribution in [2.45, 2.75) is 45.3 Å². The van der Waals surface area contributed by atoms with E-state index in [4.69, 9.17) is 4.74 Å². The number of piperidine rings is 1. The van der Waals surface area contributed by atoms with Gasteiger partial charge in [-0.25, -0.2) is 0 Å². The number of rotatable bonds is 5. The molecular formula is C21H27NO. The molecule has 2 aromatic carbocycles. The molecule has 0 saturated carbocycles. The van der Waals surface area contributed by atoms with Crippen molar-refractivity contribution < 1.29 is 4.74 Å². The van der Waals surface area contributed by atoms with Crippen LogP contribution in [0.1, 0.15) is 43.7 Å². The van der Waals surface area contributed by atoms with Gasteiger partial charge in [-0.2, -0.15) is 0 Å². The van der Waals surface area contributed by atoms with E-state index in [1.807, 2.05) is 0 Å². The highest BCUT2D eigenvalue weighted by Crippen LogP contribution is 2.24. The van der Waals surface area contributed by atoms with Crippen molar-refractivity contribution in [3.05, 3.63) is 65.7 Å². The summed E-state index contributed by atoms with van der Waals surface area (Å²) in [6.07, 6.45) is 2.57. The second-order valence-electron chi connectivity index (χ2n) is 6.81. The van der Waals surface area contributed by atoms with Gasteiger partial charge in [-0.05, 0) is 42.0 Å². The number of ether oxygens (including phenoxy) is 1. The van der Waals surface area contributed by atoms with Crippen molar-refractivity contribution in [1.82, 2.24) is 4.90 Å². The van der Waals surface area contributed by atoms with Crippen LogP contribution < -0.4 is 4.74 Å². The van der Waals surface area contributed by atoms with E-state index in [0.717, 1.165) is 38.2 Å². The summed E-state index contributed by atoms with van der Waals surface area (Å²) in [5.74, 6) is 1.57. The molecule has 0 aromatic heterocycles.